The number of ether oxygens (including phenoxy) is 1. The molecule has 0 bridgehead atoms. The van der Waals surface area contributed by atoms with Gasteiger partial charge in [0.1, 0.15) is 6.10 Å². The lowest BCUT2D eigenvalue weighted by Gasteiger charge is -2.24. The van der Waals surface area contributed by atoms with E-state index in [2.05, 4.69) is 74.7 Å². The van der Waals surface area contributed by atoms with Crippen LogP contribution in [0.5, 0.6) is 0 Å². The van der Waals surface area contributed by atoms with Crippen LogP contribution >= 0.6 is 0 Å². The third kappa shape index (κ3) is 42.5. The summed E-state index contributed by atoms with van der Waals surface area (Å²) in [4.78, 5) is 26.1. The molecule has 350 valence electrons. The maximum absolute atomic E-state index is 13.2. The molecule has 0 heterocycles. The molecule has 0 aromatic carbocycles. The van der Waals surface area contributed by atoms with E-state index in [0.717, 1.165) is 96.3 Å². The summed E-state index contributed by atoms with van der Waals surface area (Å²) in [6, 6.07) is -0.708. The van der Waals surface area contributed by atoms with Gasteiger partial charge in [-0.15, -0.1) is 0 Å². The number of carbonyl (C=O) groups is 2. The Balaban J connectivity index is 4.50. The molecule has 0 fully saturated rings. The van der Waals surface area contributed by atoms with Crippen molar-refractivity contribution in [3.63, 3.8) is 0 Å². The number of hydrogen-bond acceptors (Lipinski definition) is 5. The first-order chi connectivity index (χ1) is 29.5. The zero-order valence-electron chi connectivity index (χ0n) is 39.8. The predicted octanol–water partition coefficient (Wildman–Crippen LogP) is 15.5. The molecule has 0 aliphatic rings. The predicted molar refractivity (Wildman–Crippen MR) is 259 cm³/mol. The molecule has 3 unspecified atom stereocenters. The van der Waals surface area contributed by atoms with E-state index < -0.39 is 18.2 Å². The van der Waals surface area contributed by atoms with E-state index in [1.165, 1.54) is 116 Å². The van der Waals surface area contributed by atoms with Crippen molar-refractivity contribution in [2.75, 3.05) is 6.61 Å². The van der Waals surface area contributed by atoms with Gasteiger partial charge in [-0.1, -0.05) is 211 Å². The van der Waals surface area contributed by atoms with E-state index in [0.29, 0.717) is 19.3 Å². The Hall–Kier alpha value is -2.18. The topological polar surface area (TPSA) is 95.9 Å². The molecule has 0 aliphatic heterocycles. The Bertz CT molecular complexity index is 1040. The van der Waals surface area contributed by atoms with E-state index in [4.69, 9.17) is 4.74 Å². The van der Waals surface area contributed by atoms with Crippen LogP contribution in [-0.2, 0) is 14.3 Å². The lowest BCUT2D eigenvalue weighted by Crippen LogP contribution is -2.46. The molecule has 0 rings (SSSR count). The quantitative estimate of drug-likeness (QED) is 0.0322. The average molecular weight is 842 g/mol. The molecule has 0 aromatic heterocycles. The summed E-state index contributed by atoms with van der Waals surface area (Å²) >= 11 is 0. The Morgan fingerprint density at radius 1 is 0.500 bits per heavy atom. The molecule has 0 aliphatic carbocycles. The van der Waals surface area contributed by atoms with Crippen LogP contribution < -0.4 is 5.32 Å². The molecular formula is C54H99NO5. The average Bonchev–Trinajstić information content (AvgIpc) is 3.24. The van der Waals surface area contributed by atoms with E-state index in [9.17, 15) is 19.8 Å². The number of aliphatic hydroxyl groups is 2. The molecular weight excluding hydrogens is 743 g/mol. The monoisotopic (exact) mass is 842 g/mol. The number of hydrogen-bond donors (Lipinski definition) is 3. The van der Waals surface area contributed by atoms with Gasteiger partial charge in [-0.25, -0.2) is 0 Å². The van der Waals surface area contributed by atoms with Crippen LogP contribution in [0.4, 0.5) is 0 Å². The van der Waals surface area contributed by atoms with Crippen molar-refractivity contribution < 1.29 is 24.5 Å². The molecule has 3 atom stereocenters. The first-order valence-electron chi connectivity index (χ1n) is 25.9. The Labute approximate surface area is 372 Å². The van der Waals surface area contributed by atoms with Gasteiger partial charge in [0.15, 0.2) is 0 Å². The van der Waals surface area contributed by atoms with Crippen molar-refractivity contribution in [1.29, 1.82) is 0 Å². The Kier molecular flexibility index (Phi) is 46.1. The highest BCUT2D eigenvalue weighted by Crippen LogP contribution is 2.18. The van der Waals surface area contributed by atoms with Crippen LogP contribution in [0.3, 0.4) is 0 Å². The van der Waals surface area contributed by atoms with Gasteiger partial charge < -0.3 is 20.3 Å². The van der Waals surface area contributed by atoms with Crippen molar-refractivity contribution in [2.24, 2.45) is 0 Å². The number of unbranched alkanes of at least 4 members (excludes halogenated alkanes) is 26. The molecule has 3 N–H and O–H groups in total. The lowest BCUT2D eigenvalue weighted by atomic mass is 10.0. The van der Waals surface area contributed by atoms with Crippen molar-refractivity contribution in [2.45, 2.75) is 277 Å². The Morgan fingerprint density at radius 2 is 0.900 bits per heavy atom. The fourth-order valence-corrected chi connectivity index (χ4v) is 7.73. The van der Waals surface area contributed by atoms with E-state index in [-0.39, 0.29) is 24.9 Å². The van der Waals surface area contributed by atoms with Crippen molar-refractivity contribution in [3.05, 3.63) is 48.6 Å². The number of rotatable bonds is 46. The summed E-state index contributed by atoms with van der Waals surface area (Å²) in [5.74, 6) is -0.501. The highest BCUT2D eigenvalue weighted by atomic mass is 16.5. The fourth-order valence-electron chi connectivity index (χ4n) is 7.73. The van der Waals surface area contributed by atoms with Gasteiger partial charge in [-0.05, 0) is 83.5 Å². The molecule has 0 saturated carbocycles. The molecule has 1 amide bonds. The van der Waals surface area contributed by atoms with Gasteiger partial charge in [-0.3, -0.25) is 9.59 Å². The molecule has 0 spiro atoms. The second-order valence-corrected chi connectivity index (χ2v) is 17.5. The van der Waals surface area contributed by atoms with Gasteiger partial charge in [0.25, 0.3) is 0 Å². The third-order valence-corrected chi connectivity index (χ3v) is 11.6. The highest BCUT2D eigenvalue weighted by molar-refractivity contribution is 5.77. The molecule has 0 radical (unpaired) electrons. The number of amides is 1. The Morgan fingerprint density at radius 3 is 1.43 bits per heavy atom. The zero-order valence-corrected chi connectivity index (χ0v) is 39.8. The molecule has 6 heteroatoms. The van der Waals surface area contributed by atoms with Crippen LogP contribution in [0.1, 0.15) is 258 Å². The normalized spacial score (nSPS) is 13.6. The summed E-state index contributed by atoms with van der Waals surface area (Å²) in [6.07, 6.45) is 57.4. The van der Waals surface area contributed by atoms with E-state index in [1.807, 2.05) is 0 Å². The van der Waals surface area contributed by atoms with Crippen molar-refractivity contribution in [3.8, 4) is 0 Å². The third-order valence-electron chi connectivity index (χ3n) is 11.6. The molecule has 6 nitrogen and oxygen atoms in total. The molecule has 0 saturated heterocycles. The maximum atomic E-state index is 13.2. The van der Waals surface area contributed by atoms with Gasteiger partial charge in [0, 0.05) is 6.42 Å². The summed E-state index contributed by atoms with van der Waals surface area (Å²) in [5.41, 5.74) is 0. The van der Waals surface area contributed by atoms with Crippen LogP contribution in [0.25, 0.3) is 0 Å². The summed E-state index contributed by atoms with van der Waals surface area (Å²) < 4.78 is 5.91. The highest BCUT2D eigenvalue weighted by Gasteiger charge is 2.24. The van der Waals surface area contributed by atoms with Crippen molar-refractivity contribution >= 4 is 11.9 Å². The first-order valence-corrected chi connectivity index (χ1v) is 25.9. The molecule has 60 heavy (non-hydrogen) atoms. The van der Waals surface area contributed by atoms with Crippen LogP contribution in [0.15, 0.2) is 48.6 Å². The number of nitrogens with one attached hydrogen (secondary N) is 1. The van der Waals surface area contributed by atoms with Gasteiger partial charge in [0.05, 0.1) is 25.2 Å². The molecule has 0 aromatic rings. The minimum Gasteiger partial charge on any atom is -0.462 e. The summed E-state index contributed by atoms with van der Waals surface area (Å²) in [5, 5.41) is 23.8. The summed E-state index contributed by atoms with van der Waals surface area (Å²) in [6.45, 7) is 6.35. The van der Waals surface area contributed by atoms with Crippen molar-refractivity contribution in [1.82, 2.24) is 5.32 Å². The van der Waals surface area contributed by atoms with E-state index >= 15 is 0 Å². The van der Waals surface area contributed by atoms with Crippen LogP contribution in [-0.4, -0.2) is 46.9 Å². The van der Waals surface area contributed by atoms with Gasteiger partial charge in [0.2, 0.25) is 5.91 Å². The van der Waals surface area contributed by atoms with Crippen LogP contribution in [0.2, 0.25) is 0 Å². The second kappa shape index (κ2) is 47.9. The first kappa shape index (κ1) is 57.8. The smallest absolute Gasteiger partial charge is 0.306 e. The largest absolute Gasteiger partial charge is 0.462 e. The zero-order chi connectivity index (χ0) is 43.8. The number of allylic oxidation sites excluding steroid dienone is 8. The summed E-state index contributed by atoms with van der Waals surface area (Å²) in [7, 11) is 0. The minimum absolute atomic E-state index is 0.0618. The minimum atomic E-state index is -0.793. The van der Waals surface area contributed by atoms with Crippen LogP contribution in [0, 0.1) is 0 Å². The standard InChI is InChI=1S/C54H99NO5/c1-4-7-10-13-16-19-22-24-26-28-30-32-35-38-41-44-47-54(59)60-50(45-42-39-36-33-21-18-15-12-9-6-3)48-53(58)55-51(49-56)52(57)46-43-40-37-34-31-29-27-25-23-20-17-14-11-8-5-2/h7,10,16,18-19,21,24,26,50-52,56-57H,4-6,8-9,11-15,17,20,22-23,25,27-49H2,1-3H3,(H,55,58)/b10-7+,19-16+,21-18-,26-24+. The SMILES string of the molecule is CC/C=C/C/C=C/C/C=C/CCCCCCCCC(=O)OC(CCCCC/C=C\CCCCC)CC(=O)NC(CO)C(O)CCCCCCCCCCCCCCCCC. The lowest BCUT2D eigenvalue weighted by molar-refractivity contribution is -0.151. The van der Waals surface area contributed by atoms with E-state index in [1.54, 1.807) is 0 Å². The number of esters is 1. The fraction of sp³-hybridized carbons (Fsp3) is 0.815. The number of carbonyl (C=O) groups excluding carboxylic acids is 2. The van der Waals surface area contributed by atoms with Gasteiger partial charge >= 0.3 is 5.97 Å². The number of aliphatic hydroxyl groups excluding tert-OH is 2. The second-order valence-electron chi connectivity index (χ2n) is 17.5. The van der Waals surface area contributed by atoms with Gasteiger partial charge in [-0.2, -0.15) is 0 Å². The maximum Gasteiger partial charge on any atom is 0.306 e.